The molecule has 1 aliphatic carbocycles. The van der Waals surface area contributed by atoms with Crippen molar-refractivity contribution < 1.29 is 4.79 Å². The Balaban J connectivity index is 1.48. The molecule has 4 heterocycles. The van der Waals surface area contributed by atoms with Crippen molar-refractivity contribution in [3.63, 3.8) is 0 Å². The first kappa shape index (κ1) is 18.2. The van der Waals surface area contributed by atoms with Gasteiger partial charge in [-0.05, 0) is 51.8 Å². The Kier molecular flexibility index (Phi) is 4.34. The highest BCUT2D eigenvalue weighted by molar-refractivity contribution is 6.12. The lowest BCUT2D eigenvalue weighted by molar-refractivity contribution is 0.102. The number of nitrogens with zero attached hydrogens (tertiary/aromatic N) is 6. The van der Waals surface area contributed by atoms with Crippen molar-refractivity contribution in [2.75, 3.05) is 18.4 Å². The van der Waals surface area contributed by atoms with Gasteiger partial charge in [-0.1, -0.05) is 0 Å². The summed E-state index contributed by atoms with van der Waals surface area (Å²) in [6.07, 6.45) is 4.28. The number of amides is 1. The van der Waals surface area contributed by atoms with Crippen LogP contribution in [0.2, 0.25) is 0 Å². The van der Waals surface area contributed by atoms with Crippen molar-refractivity contribution in [2.45, 2.75) is 44.4 Å². The number of anilines is 1. The van der Waals surface area contributed by atoms with Crippen molar-refractivity contribution >= 4 is 22.9 Å². The summed E-state index contributed by atoms with van der Waals surface area (Å²) in [7, 11) is 3.69. The Labute approximate surface area is 168 Å². The van der Waals surface area contributed by atoms with Crippen LogP contribution in [-0.4, -0.2) is 48.5 Å². The van der Waals surface area contributed by atoms with Crippen LogP contribution in [0.1, 0.15) is 65.1 Å². The minimum absolute atomic E-state index is 0.192. The molecule has 9 heteroatoms. The Hall–Kier alpha value is -2.81. The minimum atomic E-state index is -0.192. The number of nitrogens with one attached hydrogen (secondary N) is 2. The normalized spacial score (nSPS) is 17.8. The fourth-order valence-electron chi connectivity index (χ4n) is 4.17. The van der Waals surface area contributed by atoms with E-state index in [1.54, 1.807) is 9.36 Å². The monoisotopic (exact) mass is 394 g/mol. The van der Waals surface area contributed by atoms with Gasteiger partial charge in [0.15, 0.2) is 11.5 Å². The number of hydrogen-bond donors (Lipinski definition) is 2. The SMILES string of the molecule is Cc1nn(C)c2nc(C3CC3)cc(C(=O)Nc3nc(C4CCNCC4)nn3C)c12. The van der Waals surface area contributed by atoms with Gasteiger partial charge in [-0.15, -0.1) is 0 Å². The average molecular weight is 394 g/mol. The summed E-state index contributed by atoms with van der Waals surface area (Å²) < 4.78 is 3.41. The number of aromatic nitrogens is 6. The van der Waals surface area contributed by atoms with E-state index in [1.807, 2.05) is 27.1 Å². The van der Waals surface area contributed by atoms with Gasteiger partial charge in [-0.3, -0.25) is 14.8 Å². The predicted octanol–water partition coefficient (Wildman–Crippen LogP) is 2.00. The fourth-order valence-corrected chi connectivity index (χ4v) is 4.17. The van der Waals surface area contributed by atoms with Crippen molar-refractivity contribution in [3.05, 3.63) is 28.8 Å². The highest BCUT2D eigenvalue weighted by atomic mass is 16.1. The quantitative estimate of drug-likeness (QED) is 0.702. The maximum absolute atomic E-state index is 13.3. The van der Waals surface area contributed by atoms with Gasteiger partial charge in [-0.25, -0.2) is 9.67 Å². The van der Waals surface area contributed by atoms with Crippen LogP contribution in [0, 0.1) is 6.92 Å². The van der Waals surface area contributed by atoms with Crippen LogP contribution >= 0.6 is 0 Å². The molecule has 1 saturated carbocycles. The van der Waals surface area contributed by atoms with Crippen LogP contribution < -0.4 is 10.6 Å². The molecule has 0 spiro atoms. The van der Waals surface area contributed by atoms with E-state index in [9.17, 15) is 4.79 Å². The van der Waals surface area contributed by atoms with Gasteiger partial charge in [0.05, 0.1) is 16.6 Å². The maximum Gasteiger partial charge on any atom is 0.258 e. The van der Waals surface area contributed by atoms with Crippen molar-refractivity contribution in [1.82, 2.24) is 34.8 Å². The van der Waals surface area contributed by atoms with E-state index in [1.165, 1.54) is 0 Å². The minimum Gasteiger partial charge on any atom is -0.317 e. The molecule has 0 unspecified atom stereocenters. The first-order valence-corrected chi connectivity index (χ1v) is 10.3. The second kappa shape index (κ2) is 6.91. The van der Waals surface area contributed by atoms with E-state index in [0.29, 0.717) is 23.3 Å². The Bertz CT molecular complexity index is 1090. The number of carbonyl (C=O) groups is 1. The van der Waals surface area contributed by atoms with Gasteiger partial charge in [0.2, 0.25) is 5.95 Å². The average Bonchev–Trinajstić information content (AvgIpc) is 3.45. The zero-order valence-electron chi connectivity index (χ0n) is 17.1. The van der Waals surface area contributed by atoms with Crippen LogP contribution in [0.3, 0.4) is 0 Å². The number of pyridine rings is 1. The molecule has 29 heavy (non-hydrogen) atoms. The summed E-state index contributed by atoms with van der Waals surface area (Å²) in [4.78, 5) is 22.7. The largest absolute Gasteiger partial charge is 0.317 e. The summed E-state index contributed by atoms with van der Waals surface area (Å²) in [5, 5.41) is 16.2. The molecule has 1 aliphatic heterocycles. The molecule has 3 aromatic rings. The molecule has 152 valence electrons. The topological polar surface area (TPSA) is 103 Å². The molecular formula is C20H26N8O. The summed E-state index contributed by atoms with van der Waals surface area (Å²) in [5.74, 6) is 1.87. The lowest BCUT2D eigenvalue weighted by Gasteiger charge is -2.19. The maximum atomic E-state index is 13.3. The molecule has 0 radical (unpaired) electrons. The second-order valence-electron chi connectivity index (χ2n) is 8.17. The molecular weight excluding hydrogens is 368 g/mol. The summed E-state index contributed by atoms with van der Waals surface area (Å²) in [6.45, 7) is 3.86. The first-order valence-electron chi connectivity index (χ1n) is 10.3. The number of aryl methyl sites for hydroxylation is 3. The third-order valence-electron chi connectivity index (χ3n) is 5.94. The van der Waals surface area contributed by atoms with Gasteiger partial charge in [0.1, 0.15) is 0 Å². The van der Waals surface area contributed by atoms with Gasteiger partial charge in [0.25, 0.3) is 5.91 Å². The third-order valence-corrected chi connectivity index (χ3v) is 5.94. The molecule has 0 aromatic carbocycles. The summed E-state index contributed by atoms with van der Waals surface area (Å²) in [6, 6.07) is 1.92. The number of rotatable bonds is 4. The molecule has 5 rings (SSSR count). The summed E-state index contributed by atoms with van der Waals surface area (Å²) in [5.41, 5.74) is 3.13. The van der Waals surface area contributed by atoms with Crippen molar-refractivity contribution in [2.24, 2.45) is 14.1 Å². The van der Waals surface area contributed by atoms with E-state index in [2.05, 4.69) is 25.8 Å². The van der Waals surface area contributed by atoms with E-state index in [-0.39, 0.29) is 5.91 Å². The van der Waals surface area contributed by atoms with Crippen LogP contribution in [0.25, 0.3) is 11.0 Å². The Morgan fingerprint density at radius 3 is 2.55 bits per heavy atom. The molecule has 9 nitrogen and oxygen atoms in total. The molecule has 0 bridgehead atoms. The van der Waals surface area contributed by atoms with Crippen LogP contribution in [0.5, 0.6) is 0 Å². The molecule has 2 N–H and O–H groups in total. The smallest absolute Gasteiger partial charge is 0.258 e. The van der Waals surface area contributed by atoms with E-state index in [0.717, 1.165) is 67.0 Å². The van der Waals surface area contributed by atoms with E-state index in [4.69, 9.17) is 4.98 Å². The second-order valence-corrected chi connectivity index (χ2v) is 8.17. The zero-order chi connectivity index (χ0) is 20.1. The van der Waals surface area contributed by atoms with Crippen molar-refractivity contribution in [1.29, 1.82) is 0 Å². The van der Waals surface area contributed by atoms with Gasteiger partial charge in [-0.2, -0.15) is 15.2 Å². The molecule has 1 amide bonds. The van der Waals surface area contributed by atoms with Gasteiger partial charge < -0.3 is 5.32 Å². The fraction of sp³-hybridized carbons (Fsp3) is 0.550. The summed E-state index contributed by atoms with van der Waals surface area (Å²) >= 11 is 0. The molecule has 0 atom stereocenters. The van der Waals surface area contributed by atoms with E-state index < -0.39 is 0 Å². The molecule has 2 fully saturated rings. The van der Waals surface area contributed by atoms with Crippen LogP contribution in [0.15, 0.2) is 6.07 Å². The van der Waals surface area contributed by atoms with Crippen LogP contribution in [-0.2, 0) is 14.1 Å². The molecule has 2 aliphatic rings. The van der Waals surface area contributed by atoms with Crippen LogP contribution in [0.4, 0.5) is 5.95 Å². The zero-order valence-corrected chi connectivity index (χ0v) is 17.1. The molecule has 1 saturated heterocycles. The lowest BCUT2D eigenvalue weighted by atomic mass is 9.98. The lowest BCUT2D eigenvalue weighted by Crippen LogP contribution is -2.27. The number of piperidine rings is 1. The number of carbonyl (C=O) groups excluding carboxylic acids is 1. The third kappa shape index (κ3) is 3.29. The first-order chi connectivity index (χ1) is 14.0. The Morgan fingerprint density at radius 1 is 1.07 bits per heavy atom. The number of fused-ring (bicyclic) bond motifs is 1. The standard InChI is InChI=1S/C20H26N8O/c1-11-16-14(10-15(12-4-5-12)22-18(16)27(2)25-11)19(29)24-20-23-17(26-28(20)3)13-6-8-21-9-7-13/h10,12-13,21H,4-9H2,1-3H3,(H,23,24,26,29). The molecule has 3 aromatic heterocycles. The Morgan fingerprint density at radius 2 is 1.83 bits per heavy atom. The van der Waals surface area contributed by atoms with Crippen molar-refractivity contribution in [3.8, 4) is 0 Å². The predicted molar refractivity (Wildman–Crippen MR) is 109 cm³/mol. The number of hydrogen-bond acceptors (Lipinski definition) is 6. The van der Waals surface area contributed by atoms with Gasteiger partial charge >= 0.3 is 0 Å². The highest BCUT2D eigenvalue weighted by Gasteiger charge is 2.29. The van der Waals surface area contributed by atoms with Gasteiger partial charge in [0, 0.05) is 31.6 Å². The van der Waals surface area contributed by atoms with E-state index >= 15 is 0 Å². The highest BCUT2D eigenvalue weighted by Crippen LogP contribution is 2.40.